The van der Waals surface area contributed by atoms with Gasteiger partial charge in [-0.05, 0) is 42.9 Å². The molecule has 2 aliphatic heterocycles. The molecule has 134 valence electrons. The number of benzene rings is 1. The molecule has 0 saturated carbocycles. The lowest BCUT2D eigenvalue weighted by Gasteiger charge is -2.30. The van der Waals surface area contributed by atoms with Crippen molar-refractivity contribution in [1.29, 1.82) is 0 Å². The Labute approximate surface area is 150 Å². The monoisotopic (exact) mass is 372 g/mol. The molecule has 0 unspecified atom stereocenters. The van der Waals surface area contributed by atoms with Gasteiger partial charge >= 0.3 is 0 Å². The number of hydrazine groups is 1. The average Bonchev–Trinajstić information content (AvgIpc) is 3.00. The Morgan fingerprint density at radius 3 is 2.62 bits per heavy atom. The molecule has 0 spiro atoms. The summed E-state index contributed by atoms with van der Waals surface area (Å²) >= 11 is 0. The quantitative estimate of drug-likeness (QED) is 0.858. The molecule has 0 amide bonds. The van der Waals surface area contributed by atoms with E-state index in [1.165, 1.54) is 11.8 Å². The van der Waals surface area contributed by atoms with Gasteiger partial charge < -0.3 is 0 Å². The number of halogens is 1. The molecule has 2 aliphatic rings. The first-order valence-electron chi connectivity index (χ1n) is 8.08. The van der Waals surface area contributed by atoms with Crippen molar-refractivity contribution in [2.75, 3.05) is 37.9 Å². The van der Waals surface area contributed by atoms with E-state index in [9.17, 15) is 8.42 Å². The van der Waals surface area contributed by atoms with Gasteiger partial charge in [-0.3, -0.25) is 15.4 Å². The summed E-state index contributed by atoms with van der Waals surface area (Å²) in [5.74, 6) is 0.552. The third-order valence-electron chi connectivity index (χ3n) is 4.46. The second-order valence-electron chi connectivity index (χ2n) is 6.34. The summed E-state index contributed by atoms with van der Waals surface area (Å²) in [6.07, 6.45) is 5.99. The van der Waals surface area contributed by atoms with Crippen LogP contribution in [0, 0.1) is 5.92 Å². The number of nitrogens with one attached hydrogen (secondary N) is 1. The minimum absolute atomic E-state index is 0. The van der Waals surface area contributed by atoms with E-state index in [1.54, 1.807) is 4.31 Å². The summed E-state index contributed by atoms with van der Waals surface area (Å²) < 4.78 is 24.7. The van der Waals surface area contributed by atoms with E-state index in [4.69, 9.17) is 0 Å². The molecular formula is C16H25ClN4O2S. The fraction of sp³-hybridized carbons (Fsp3) is 0.562. The fourth-order valence-electron chi connectivity index (χ4n) is 3.18. The maximum atomic E-state index is 11.6. The molecule has 8 heteroatoms. The number of sulfonamides is 1. The highest BCUT2D eigenvalue weighted by molar-refractivity contribution is 7.88. The lowest BCUT2D eigenvalue weighted by atomic mass is 9.91. The van der Waals surface area contributed by atoms with Gasteiger partial charge in [0.1, 0.15) is 6.34 Å². The zero-order chi connectivity index (χ0) is 16.3. The number of piperidine rings is 1. The summed E-state index contributed by atoms with van der Waals surface area (Å²) in [6, 6.07) is 8.44. The highest BCUT2D eigenvalue weighted by atomic mass is 35.5. The van der Waals surface area contributed by atoms with Crippen molar-refractivity contribution in [2.24, 2.45) is 10.9 Å². The first-order chi connectivity index (χ1) is 11.0. The van der Waals surface area contributed by atoms with Crippen molar-refractivity contribution >= 4 is 34.5 Å². The molecule has 24 heavy (non-hydrogen) atoms. The molecule has 0 radical (unpaired) electrons. The summed E-state index contributed by atoms with van der Waals surface area (Å²) in [5, 5.41) is 1.99. The smallest absolute Gasteiger partial charge is 0.211 e. The van der Waals surface area contributed by atoms with E-state index >= 15 is 0 Å². The molecule has 2 heterocycles. The Morgan fingerprint density at radius 1 is 1.25 bits per heavy atom. The van der Waals surface area contributed by atoms with Crippen LogP contribution in [0.3, 0.4) is 0 Å². The molecule has 1 aromatic rings. The maximum absolute atomic E-state index is 11.6. The molecule has 0 atom stereocenters. The van der Waals surface area contributed by atoms with Gasteiger partial charge in [0.2, 0.25) is 10.0 Å². The normalized spacial score (nSPS) is 19.3. The number of hydrogen-bond donors (Lipinski definition) is 1. The van der Waals surface area contributed by atoms with E-state index in [0.717, 1.165) is 38.0 Å². The second kappa shape index (κ2) is 8.18. The minimum Gasteiger partial charge on any atom is -0.297 e. The first kappa shape index (κ1) is 19.0. The molecule has 1 saturated heterocycles. The molecule has 1 aromatic carbocycles. The lowest BCUT2D eigenvalue weighted by Crippen LogP contribution is -2.38. The van der Waals surface area contributed by atoms with Gasteiger partial charge in [0.25, 0.3) is 0 Å². The van der Waals surface area contributed by atoms with Crippen LogP contribution < -0.4 is 5.43 Å². The van der Waals surface area contributed by atoms with Crippen molar-refractivity contribution in [3.8, 4) is 0 Å². The van der Waals surface area contributed by atoms with Gasteiger partial charge in [0, 0.05) is 13.1 Å². The van der Waals surface area contributed by atoms with Crippen molar-refractivity contribution in [3.05, 3.63) is 29.8 Å². The maximum Gasteiger partial charge on any atom is 0.211 e. The molecular weight excluding hydrogens is 348 g/mol. The largest absolute Gasteiger partial charge is 0.297 e. The first-order valence-corrected chi connectivity index (χ1v) is 9.93. The Kier molecular flexibility index (Phi) is 6.48. The molecule has 1 N–H and O–H groups in total. The summed E-state index contributed by atoms with van der Waals surface area (Å²) in [7, 11) is -3.04. The van der Waals surface area contributed by atoms with Crippen LogP contribution in [0.5, 0.6) is 0 Å². The van der Waals surface area contributed by atoms with Gasteiger partial charge in [-0.2, -0.15) is 0 Å². The van der Waals surface area contributed by atoms with Crippen molar-refractivity contribution < 1.29 is 8.42 Å². The Hall–Kier alpha value is -1.31. The van der Waals surface area contributed by atoms with Crippen molar-refractivity contribution in [1.82, 2.24) is 9.31 Å². The van der Waals surface area contributed by atoms with Crippen LogP contribution in [0.15, 0.2) is 29.3 Å². The van der Waals surface area contributed by atoms with E-state index in [1.807, 2.05) is 11.3 Å². The van der Waals surface area contributed by atoms with E-state index in [-0.39, 0.29) is 12.4 Å². The van der Waals surface area contributed by atoms with Crippen LogP contribution in [0.25, 0.3) is 0 Å². The lowest BCUT2D eigenvalue weighted by molar-refractivity contribution is 0.274. The molecule has 0 aliphatic carbocycles. The molecule has 0 aromatic heterocycles. The van der Waals surface area contributed by atoms with Crippen LogP contribution in [-0.4, -0.2) is 56.5 Å². The van der Waals surface area contributed by atoms with Crippen LogP contribution in [0.4, 0.5) is 5.69 Å². The Morgan fingerprint density at radius 2 is 2.00 bits per heavy atom. The fourth-order valence-corrected chi connectivity index (χ4v) is 4.05. The zero-order valence-corrected chi connectivity index (χ0v) is 15.5. The SMILES string of the molecule is CS(=O)(=O)N1CCC(Cc2cccc(NN3C=NCC3)c2)CC1.Cl. The molecule has 1 fully saturated rings. The number of rotatable bonds is 5. The number of aliphatic imine (C=N–C) groups is 1. The molecule has 0 bridgehead atoms. The predicted octanol–water partition coefficient (Wildman–Crippen LogP) is 1.99. The summed E-state index contributed by atoms with van der Waals surface area (Å²) in [4.78, 5) is 4.19. The van der Waals surface area contributed by atoms with Crippen LogP contribution in [0.1, 0.15) is 18.4 Å². The van der Waals surface area contributed by atoms with Gasteiger partial charge in [-0.25, -0.2) is 12.7 Å². The van der Waals surface area contributed by atoms with Gasteiger partial charge in [0.05, 0.1) is 25.0 Å². The highest BCUT2D eigenvalue weighted by Gasteiger charge is 2.24. The standard InChI is InChI=1S/C16H24N4O2S.ClH/c1-23(21,22)20-8-5-14(6-9-20)11-15-3-2-4-16(12-15)18-19-10-7-17-13-19;/h2-4,12-14,18H,5-11H2,1H3;1H. The zero-order valence-electron chi connectivity index (χ0n) is 13.9. The summed E-state index contributed by atoms with van der Waals surface area (Å²) in [5.41, 5.74) is 5.71. The second-order valence-corrected chi connectivity index (χ2v) is 8.32. The van der Waals surface area contributed by atoms with Gasteiger partial charge in [-0.1, -0.05) is 12.1 Å². The van der Waals surface area contributed by atoms with E-state index < -0.39 is 10.0 Å². The summed E-state index contributed by atoms with van der Waals surface area (Å²) in [6.45, 7) is 3.02. The van der Waals surface area contributed by atoms with Crippen LogP contribution >= 0.6 is 12.4 Å². The van der Waals surface area contributed by atoms with Crippen molar-refractivity contribution in [2.45, 2.75) is 19.3 Å². The van der Waals surface area contributed by atoms with E-state index in [2.05, 4.69) is 34.7 Å². The Balaban J connectivity index is 0.00000208. The van der Waals surface area contributed by atoms with Crippen LogP contribution in [-0.2, 0) is 16.4 Å². The van der Waals surface area contributed by atoms with Gasteiger partial charge in [-0.15, -0.1) is 12.4 Å². The number of anilines is 1. The average molecular weight is 373 g/mol. The predicted molar refractivity (Wildman–Crippen MR) is 100 cm³/mol. The van der Waals surface area contributed by atoms with E-state index in [0.29, 0.717) is 19.0 Å². The topological polar surface area (TPSA) is 65.0 Å². The number of nitrogens with zero attached hydrogens (tertiary/aromatic N) is 3. The Bertz CT molecular complexity index is 672. The third-order valence-corrected chi connectivity index (χ3v) is 5.76. The minimum atomic E-state index is -3.04. The third kappa shape index (κ3) is 5.09. The highest BCUT2D eigenvalue weighted by Crippen LogP contribution is 2.24. The van der Waals surface area contributed by atoms with Gasteiger partial charge in [0.15, 0.2) is 0 Å². The molecule has 6 nitrogen and oxygen atoms in total. The number of hydrogen-bond acceptors (Lipinski definition) is 5. The van der Waals surface area contributed by atoms with Crippen LogP contribution in [0.2, 0.25) is 0 Å². The molecule has 3 rings (SSSR count). The van der Waals surface area contributed by atoms with Crippen molar-refractivity contribution in [3.63, 3.8) is 0 Å².